The molecule has 1 saturated heterocycles. The molecule has 0 aromatic heterocycles. The number of rotatable bonds is 5. The summed E-state index contributed by atoms with van der Waals surface area (Å²) in [4.78, 5) is 4.76. The molecule has 5 heteroatoms. The monoisotopic (exact) mass is 300 g/mol. The van der Waals surface area contributed by atoms with Crippen molar-refractivity contribution in [3.05, 3.63) is 29.6 Å². The average molecular weight is 301 g/mol. The second-order valence-electron chi connectivity index (χ2n) is 5.13. The molecule has 0 unspecified atom stereocenters. The average Bonchev–Trinajstić information content (AvgIpc) is 2.65. The van der Waals surface area contributed by atoms with Crippen molar-refractivity contribution in [1.29, 1.82) is 0 Å². The zero-order valence-electron chi connectivity index (χ0n) is 11.9. The fourth-order valence-electron chi connectivity index (χ4n) is 2.59. The van der Waals surface area contributed by atoms with Gasteiger partial charge in [-0.3, -0.25) is 4.90 Å². The van der Waals surface area contributed by atoms with E-state index in [-0.39, 0.29) is 5.82 Å². The molecule has 0 N–H and O–H groups in total. The molecule has 1 fully saturated rings. The first-order valence-corrected chi connectivity index (χ1v) is 7.59. The summed E-state index contributed by atoms with van der Waals surface area (Å²) in [6.07, 6.45) is 1.13. The number of halogens is 2. The van der Waals surface area contributed by atoms with Crippen molar-refractivity contribution in [3.8, 4) is 5.75 Å². The molecule has 0 bridgehead atoms. The molecule has 20 heavy (non-hydrogen) atoms. The lowest BCUT2D eigenvalue weighted by Gasteiger charge is -2.21. The molecule has 1 aromatic carbocycles. The van der Waals surface area contributed by atoms with E-state index in [9.17, 15) is 4.39 Å². The van der Waals surface area contributed by atoms with Gasteiger partial charge in [-0.1, -0.05) is 6.07 Å². The van der Waals surface area contributed by atoms with E-state index >= 15 is 0 Å². The summed E-state index contributed by atoms with van der Waals surface area (Å²) >= 11 is 5.79. The summed E-state index contributed by atoms with van der Waals surface area (Å²) < 4.78 is 18.6. The van der Waals surface area contributed by atoms with Crippen LogP contribution in [0.3, 0.4) is 0 Å². The van der Waals surface area contributed by atoms with Gasteiger partial charge in [-0.05, 0) is 37.2 Å². The van der Waals surface area contributed by atoms with Crippen LogP contribution >= 0.6 is 11.6 Å². The van der Waals surface area contributed by atoms with Crippen LogP contribution in [0, 0.1) is 5.82 Å². The van der Waals surface area contributed by atoms with E-state index in [4.69, 9.17) is 16.3 Å². The van der Waals surface area contributed by atoms with Gasteiger partial charge in [-0.2, -0.15) is 0 Å². The highest BCUT2D eigenvalue weighted by Gasteiger charge is 2.15. The van der Waals surface area contributed by atoms with E-state index in [0.29, 0.717) is 11.6 Å². The second kappa shape index (κ2) is 7.81. The maximum absolute atomic E-state index is 13.7. The first-order chi connectivity index (χ1) is 9.72. The minimum absolute atomic E-state index is 0.288. The lowest BCUT2D eigenvalue weighted by molar-refractivity contribution is 0.257. The quantitative estimate of drug-likeness (QED) is 0.778. The fourth-order valence-corrected chi connectivity index (χ4v) is 2.83. The molecule has 2 rings (SSSR count). The summed E-state index contributed by atoms with van der Waals surface area (Å²) in [6.45, 7) is 5.92. The predicted octanol–water partition coefficient (Wildman–Crippen LogP) is 2.58. The summed E-state index contributed by atoms with van der Waals surface area (Å²) in [6, 6.07) is 5.20. The van der Waals surface area contributed by atoms with Crippen LogP contribution in [-0.4, -0.2) is 55.5 Å². The highest BCUT2D eigenvalue weighted by molar-refractivity contribution is 6.18. The Balaban J connectivity index is 1.91. The van der Waals surface area contributed by atoms with Crippen LogP contribution < -0.4 is 4.74 Å². The third-order valence-corrected chi connectivity index (χ3v) is 3.87. The number of ether oxygens (including phenoxy) is 1. The fraction of sp³-hybridized carbons (Fsp3) is 0.600. The van der Waals surface area contributed by atoms with E-state index in [0.717, 1.165) is 51.3 Å². The Hall–Kier alpha value is -0.840. The number of alkyl halides is 1. The van der Waals surface area contributed by atoms with E-state index in [1.165, 1.54) is 7.11 Å². The lowest BCUT2D eigenvalue weighted by atomic mass is 10.2. The summed E-state index contributed by atoms with van der Waals surface area (Å²) in [5.74, 6) is 0.699. The van der Waals surface area contributed by atoms with Crippen molar-refractivity contribution in [2.75, 3.05) is 45.7 Å². The minimum Gasteiger partial charge on any atom is -0.494 e. The van der Waals surface area contributed by atoms with Gasteiger partial charge in [0.1, 0.15) is 0 Å². The van der Waals surface area contributed by atoms with Gasteiger partial charge in [0, 0.05) is 32.1 Å². The van der Waals surface area contributed by atoms with E-state index < -0.39 is 0 Å². The minimum atomic E-state index is -0.288. The van der Waals surface area contributed by atoms with Crippen molar-refractivity contribution in [2.45, 2.75) is 13.0 Å². The molecular formula is C15H22ClFN2O. The SMILES string of the molecule is COc1ccc(CN2CCCN(CCCl)CC2)cc1F. The standard InChI is InChI=1S/C15H22ClFN2O/c1-20-15-4-3-13(11-14(15)17)12-19-7-2-6-18(8-5-16)9-10-19/h3-4,11H,2,5-10,12H2,1H3. The van der Waals surface area contributed by atoms with Crippen LogP contribution in [0.5, 0.6) is 5.75 Å². The smallest absolute Gasteiger partial charge is 0.165 e. The number of hydrogen-bond acceptors (Lipinski definition) is 3. The Morgan fingerprint density at radius 1 is 1.20 bits per heavy atom. The van der Waals surface area contributed by atoms with Gasteiger partial charge in [-0.15, -0.1) is 11.6 Å². The van der Waals surface area contributed by atoms with Gasteiger partial charge < -0.3 is 9.64 Å². The first kappa shape index (κ1) is 15.5. The molecule has 1 aliphatic heterocycles. The molecule has 0 atom stereocenters. The second-order valence-corrected chi connectivity index (χ2v) is 5.51. The first-order valence-electron chi connectivity index (χ1n) is 7.06. The van der Waals surface area contributed by atoms with Gasteiger partial charge in [0.2, 0.25) is 0 Å². The predicted molar refractivity (Wildman–Crippen MR) is 80.0 cm³/mol. The topological polar surface area (TPSA) is 15.7 Å². The maximum Gasteiger partial charge on any atom is 0.165 e. The van der Waals surface area contributed by atoms with Gasteiger partial charge in [0.05, 0.1) is 7.11 Å². The highest BCUT2D eigenvalue weighted by atomic mass is 35.5. The molecule has 1 aromatic rings. The van der Waals surface area contributed by atoms with E-state index in [2.05, 4.69) is 9.80 Å². The highest BCUT2D eigenvalue weighted by Crippen LogP contribution is 2.19. The van der Waals surface area contributed by atoms with Crippen LogP contribution in [0.25, 0.3) is 0 Å². The Morgan fingerprint density at radius 2 is 1.95 bits per heavy atom. The van der Waals surface area contributed by atoms with Crippen molar-refractivity contribution in [3.63, 3.8) is 0 Å². The van der Waals surface area contributed by atoms with Crippen LogP contribution in [0.15, 0.2) is 18.2 Å². The van der Waals surface area contributed by atoms with Crippen molar-refractivity contribution >= 4 is 11.6 Å². The molecule has 0 amide bonds. The Labute approximate surface area is 125 Å². The zero-order valence-corrected chi connectivity index (χ0v) is 12.7. The number of methoxy groups -OCH3 is 1. The Kier molecular flexibility index (Phi) is 6.07. The van der Waals surface area contributed by atoms with Crippen LogP contribution in [-0.2, 0) is 6.54 Å². The largest absolute Gasteiger partial charge is 0.494 e. The molecule has 112 valence electrons. The molecule has 0 aliphatic carbocycles. The molecule has 0 saturated carbocycles. The van der Waals surface area contributed by atoms with Crippen molar-refractivity contribution in [1.82, 2.24) is 9.80 Å². The number of nitrogens with zero attached hydrogens (tertiary/aromatic N) is 2. The van der Waals surface area contributed by atoms with Crippen molar-refractivity contribution in [2.24, 2.45) is 0 Å². The van der Waals surface area contributed by atoms with Gasteiger partial charge in [0.25, 0.3) is 0 Å². The Morgan fingerprint density at radius 3 is 2.65 bits per heavy atom. The van der Waals surface area contributed by atoms with Crippen LogP contribution in [0.1, 0.15) is 12.0 Å². The molecule has 3 nitrogen and oxygen atoms in total. The molecule has 1 aliphatic rings. The molecule has 0 spiro atoms. The third-order valence-electron chi connectivity index (χ3n) is 3.70. The maximum atomic E-state index is 13.7. The summed E-state index contributed by atoms with van der Waals surface area (Å²) in [7, 11) is 1.48. The normalized spacial score (nSPS) is 17.9. The molecular weight excluding hydrogens is 279 g/mol. The van der Waals surface area contributed by atoms with E-state index in [1.807, 2.05) is 6.07 Å². The Bertz CT molecular complexity index is 430. The van der Waals surface area contributed by atoms with Gasteiger partial charge in [-0.25, -0.2) is 4.39 Å². The summed E-state index contributed by atoms with van der Waals surface area (Å²) in [5.41, 5.74) is 0.995. The van der Waals surface area contributed by atoms with E-state index in [1.54, 1.807) is 12.1 Å². The molecule has 0 radical (unpaired) electrons. The molecule has 1 heterocycles. The van der Waals surface area contributed by atoms with Crippen molar-refractivity contribution < 1.29 is 9.13 Å². The van der Waals surface area contributed by atoms with Crippen LogP contribution in [0.2, 0.25) is 0 Å². The number of hydrogen-bond donors (Lipinski definition) is 0. The third kappa shape index (κ3) is 4.33. The zero-order chi connectivity index (χ0) is 14.4. The van der Waals surface area contributed by atoms with Gasteiger partial charge in [0.15, 0.2) is 11.6 Å². The van der Waals surface area contributed by atoms with Crippen LogP contribution in [0.4, 0.5) is 4.39 Å². The lowest BCUT2D eigenvalue weighted by Crippen LogP contribution is -2.31. The number of benzene rings is 1. The summed E-state index contributed by atoms with van der Waals surface area (Å²) in [5, 5.41) is 0. The van der Waals surface area contributed by atoms with Gasteiger partial charge >= 0.3 is 0 Å².